The van der Waals surface area contributed by atoms with E-state index in [0.29, 0.717) is 42.8 Å². The molecule has 1 saturated carbocycles. The maximum atomic E-state index is 6.40. The number of nitrogen functional groups attached to an aromatic ring is 1. The van der Waals surface area contributed by atoms with Gasteiger partial charge in [0.05, 0.1) is 24.6 Å². The number of anilines is 3. The van der Waals surface area contributed by atoms with Gasteiger partial charge in [-0.2, -0.15) is 0 Å². The lowest BCUT2D eigenvalue weighted by Gasteiger charge is -2.42. The van der Waals surface area contributed by atoms with Gasteiger partial charge >= 0.3 is 0 Å². The predicted molar refractivity (Wildman–Crippen MR) is 154 cm³/mol. The molecule has 3 aliphatic heterocycles. The van der Waals surface area contributed by atoms with Gasteiger partial charge in [0, 0.05) is 68.5 Å². The average Bonchev–Trinajstić information content (AvgIpc) is 3.57. The Morgan fingerprint density at radius 1 is 1.00 bits per heavy atom. The molecule has 0 amide bonds. The number of rotatable bonds is 7. The second kappa shape index (κ2) is 11.0. The Morgan fingerprint density at radius 3 is 2.51 bits per heavy atom. The number of benzene rings is 1. The van der Waals surface area contributed by atoms with Gasteiger partial charge in [0.25, 0.3) is 0 Å². The Labute approximate surface area is 240 Å². The molecule has 3 saturated heterocycles. The Balaban J connectivity index is 1.08. The lowest BCUT2D eigenvalue weighted by molar-refractivity contribution is -0.178. The van der Waals surface area contributed by atoms with Crippen molar-refractivity contribution in [2.45, 2.75) is 62.3 Å². The summed E-state index contributed by atoms with van der Waals surface area (Å²) in [5, 5.41) is 8.73. The highest BCUT2D eigenvalue weighted by Crippen LogP contribution is 2.43. The molecule has 41 heavy (non-hydrogen) atoms. The number of hydrogen-bond acceptors (Lipinski definition) is 11. The van der Waals surface area contributed by atoms with Crippen LogP contribution in [-0.2, 0) is 14.2 Å². The molecule has 4 fully saturated rings. The SMILES string of the molecule is COCOc1ccccc1-c1cc(N2C[C@H]3CC[C@@H](C2)N3c2nccc(C3CCC4(CC3)OCCO4)n2)c(N)nn1. The molecule has 2 atom stereocenters. The first-order valence-corrected chi connectivity index (χ1v) is 14.6. The van der Waals surface area contributed by atoms with Crippen molar-refractivity contribution in [1.29, 1.82) is 0 Å². The van der Waals surface area contributed by atoms with Crippen molar-refractivity contribution in [3.8, 4) is 17.0 Å². The van der Waals surface area contributed by atoms with E-state index in [0.717, 1.165) is 80.2 Å². The quantitative estimate of drug-likeness (QED) is 0.426. The summed E-state index contributed by atoms with van der Waals surface area (Å²) in [6.07, 6.45) is 8.00. The van der Waals surface area contributed by atoms with E-state index in [2.05, 4.69) is 26.1 Å². The summed E-state index contributed by atoms with van der Waals surface area (Å²) in [6.45, 7) is 3.21. The van der Waals surface area contributed by atoms with Crippen molar-refractivity contribution in [2.24, 2.45) is 0 Å². The van der Waals surface area contributed by atoms with Crippen LogP contribution >= 0.6 is 0 Å². The van der Waals surface area contributed by atoms with Crippen molar-refractivity contribution >= 4 is 17.5 Å². The van der Waals surface area contributed by atoms with Crippen molar-refractivity contribution in [2.75, 3.05) is 55.7 Å². The number of para-hydroxylation sites is 1. The van der Waals surface area contributed by atoms with Gasteiger partial charge in [-0.25, -0.2) is 9.97 Å². The molecule has 2 N–H and O–H groups in total. The number of piperazine rings is 1. The van der Waals surface area contributed by atoms with Crippen LogP contribution in [0.5, 0.6) is 5.75 Å². The third-order valence-electron chi connectivity index (χ3n) is 8.99. The van der Waals surface area contributed by atoms with Crippen LogP contribution in [0.25, 0.3) is 11.3 Å². The zero-order chi connectivity index (χ0) is 27.8. The lowest BCUT2D eigenvalue weighted by Crippen LogP contribution is -2.54. The molecule has 5 heterocycles. The zero-order valence-electron chi connectivity index (χ0n) is 23.4. The summed E-state index contributed by atoms with van der Waals surface area (Å²) in [7, 11) is 1.60. The van der Waals surface area contributed by atoms with E-state index in [1.54, 1.807) is 7.11 Å². The summed E-state index contributed by atoms with van der Waals surface area (Å²) < 4.78 is 22.7. The van der Waals surface area contributed by atoms with Crippen molar-refractivity contribution in [3.63, 3.8) is 0 Å². The van der Waals surface area contributed by atoms with Crippen molar-refractivity contribution in [1.82, 2.24) is 20.2 Å². The first-order chi connectivity index (χ1) is 20.1. The minimum atomic E-state index is -0.357. The van der Waals surface area contributed by atoms with Gasteiger partial charge in [0.15, 0.2) is 18.4 Å². The predicted octanol–water partition coefficient (Wildman–Crippen LogP) is 3.76. The number of fused-ring (bicyclic) bond motifs is 2. The first kappa shape index (κ1) is 26.4. The van der Waals surface area contributed by atoms with Gasteiger partial charge in [-0.05, 0) is 49.9 Å². The number of aromatic nitrogens is 4. The first-order valence-electron chi connectivity index (χ1n) is 14.6. The molecule has 2 aromatic heterocycles. The highest BCUT2D eigenvalue weighted by Gasteiger charge is 2.43. The summed E-state index contributed by atoms with van der Waals surface area (Å²) in [5.74, 6) is 2.02. The lowest BCUT2D eigenvalue weighted by atomic mass is 9.83. The second-order valence-electron chi connectivity index (χ2n) is 11.4. The van der Waals surface area contributed by atoms with Gasteiger partial charge in [-0.1, -0.05) is 12.1 Å². The molecule has 2 bridgehead atoms. The van der Waals surface area contributed by atoms with Crippen LogP contribution in [0.1, 0.15) is 50.1 Å². The normalized spacial score (nSPS) is 23.8. The highest BCUT2D eigenvalue weighted by molar-refractivity contribution is 5.74. The molecule has 3 aromatic rings. The summed E-state index contributed by atoms with van der Waals surface area (Å²) >= 11 is 0. The zero-order valence-corrected chi connectivity index (χ0v) is 23.4. The Bertz CT molecular complexity index is 1360. The topological polar surface area (TPSA) is 121 Å². The molecule has 11 heteroatoms. The third-order valence-corrected chi connectivity index (χ3v) is 8.99. The molecule has 216 valence electrons. The van der Waals surface area contributed by atoms with E-state index in [1.807, 2.05) is 36.5 Å². The molecular weight excluding hydrogens is 522 g/mol. The van der Waals surface area contributed by atoms with E-state index in [1.165, 1.54) is 0 Å². The van der Waals surface area contributed by atoms with Crippen LogP contribution in [0.2, 0.25) is 0 Å². The molecule has 1 spiro atoms. The fraction of sp³-hybridized carbons (Fsp3) is 0.533. The largest absolute Gasteiger partial charge is 0.467 e. The molecule has 11 nitrogen and oxygen atoms in total. The molecular formula is C30H37N7O4. The number of ether oxygens (including phenoxy) is 4. The molecule has 0 radical (unpaired) electrons. The van der Waals surface area contributed by atoms with Crippen LogP contribution in [0.4, 0.5) is 17.5 Å². The van der Waals surface area contributed by atoms with E-state index < -0.39 is 0 Å². The van der Waals surface area contributed by atoms with E-state index in [4.69, 9.17) is 34.6 Å². The maximum Gasteiger partial charge on any atom is 0.226 e. The molecule has 7 rings (SSSR count). The van der Waals surface area contributed by atoms with Crippen LogP contribution in [0.15, 0.2) is 42.6 Å². The fourth-order valence-electron chi connectivity index (χ4n) is 6.98. The van der Waals surface area contributed by atoms with Gasteiger partial charge in [0.2, 0.25) is 5.95 Å². The highest BCUT2D eigenvalue weighted by atomic mass is 16.7. The fourth-order valence-corrected chi connectivity index (χ4v) is 6.98. The number of methoxy groups -OCH3 is 1. The third kappa shape index (κ3) is 5.06. The molecule has 1 aromatic carbocycles. The van der Waals surface area contributed by atoms with E-state index >= 15 is 0 Å². The van der Waals surface area contributed by atoms with Gasteiger partial charge in [-0.15, -0.1) is 10.2 Å². The summed E-state index contributed by atoms with van der Waals surface area (Å²) in [5.41, 5.74) is 9.99. The monoisotopic (exact) mass is 559 g/mol. The second-order valence-corrected chi connectivity index (χ2v) is 11.4. The molecule has 4 aliphatic rings. The van der Waals surface area contributed by atoms with E-state index in [9.17, 15) is 0 Å². The summed E-state index contributed by atoms with van der Waals surface area (Å²) in [4.78, 5) is 14.7. The van der Waals surface area contributed by atoms with Gasteiger partial charge < -0.3 is 34.5 Å². The average molecular weight is 560 g/mol. The van der Waals surface area contributed by atoms with E-state index in [-0.39, 0.29) is 12.6 Å². The standard InChI is InChI=1S/C30H37N7O4/c1-38-19-39-27-5-3-2-4-23(27)25-16-26(28(31)35-34-25)36-17-21-6-7-22(18-36)37(21)29-32-13-10-24(33-29)20-8-11-30(12-9-20)40-14-15-41-30/h2-5,10,13,16,20-22H,6-9,11-12,14-15,17-19H2,1H3,(H2,31,35)/t21-,22+. The Hall–Kier alpha value is -3.54. The van der Waals surface area contributed by atoms with Crippen molar-refractivity contribution < 1.29 is 18.9 Å². The Kier molecular flexibility index (Phi) is 7.09. The maximum absolute atomic E-state index is 6.40. The van der Waals surface area contributed by atoms with Gasteiger partial charge in [0.1, 0.15) is 5.75 Å². The van der Waals surface area contributed by atoms with Crippen LogP contribution in [0, 0.1) is 0 Å². The number of nitrogens with two attached hydrogens (primary N) is 1. The molecule has 0 unspecified atom stereocenters. The Morgan fingerprint density at radius 2 is 1.76 bits per heavy atom. The summed E-state index contributed by atoms with van der Waals surface area (Å²) in [6, 6.07) is 12.5. The number of hydrogen-bond donors (Lipinski definition) is 1. The van der Waals surface area contributed by atoms with Gasteiger partial charge in [-0.3, -0.25) is 0 Å². The van der Waals surface area contributed by atoms with Crippen molar-refractivity contribution in [3.05, 3.63) is 48.3 Å². The van der Waals surface area contributed by atoms with Crippen LogP contribution < -0.4 is 20.3 Å². The van der Waals surface area contributed by atoms with Crippen LogP contribution in [-0.4, -0.2) is 78.2 Å². The minimum Gasteiger partial charge on any atom is -0.467 e. The smallest absolute Gasteiger partial charge is 0.226 e. The van der Waals surface area contributed by atoms with Crippen LogP contribution in [0.3, 0.4) is 0 Å². The minimum absolute atomic E-state index is 0.158. The molecule has 1 aliphatic carbocycles. The number of nitrogens with zero attached hydrogens (tertiary/aromatic N) is 6.